The first kappa shape index (κ1) is 16.4. The van der Waals surface area contributed by atoms with Crippen molar-refractivity contribution in [3.63, 3.8) is 0 Å². The second-order valence-electron chi connectivity index (χ2n) is 4.64. The van der Waals surface area contributed by atoms with Crippen molar-refractivity contribution in [1.82, 2.24) is 4.90 Å². The fourth-order valence-electron chi connectivity index (χ4n) is 1.61. The van der Waals surface area contributed by atoms with Crippen molar-refractivity contribution in [2.24, 2.45) is 5.41 Å². The zero-order valence-electron chi connectivity index (χ0n) is 11.6. The third-order valence-electron chi connectivity index (χ3n) is 2.58. The minimum atomic E-state index is -0.518. The molecule has 102 valence electrons. The Morgan fingerprint density at radius 1 is 1.06 bits per heavy atom. The number of rotatable bonds is 9. The SMILES string of the molecule is COCCN(CCOC)CC(C)(C)C(=O)OC. The molecule has 0 atom stereocenters. The van der Waals surface area contributed by atoms with Crippen LogP contribution in [-0.4, -0.2) is 65.0 Å². The lowest BCUT2D eigenvalue weighted by Gasteiger charge is -2.30. The monoisotopic (exact) mass is 247 g/mol. The Kier molecular flexibility index (Phi) is 8.12. The third-order valence-corrected chi connectivity index (χ3v) is 2.58. The predicted molar refractivity (Wildman–Crippen MR) is 66.0 cm³/mol. The van der Waals surface area contributed by atoms with Gasteiger partial charge in [-0.1, -0.05) is 0 Å². The van der Waals surface area contributed by atoms with Crippen LogP contribution >= 0.6 is 0 Å². The first-order chi connectivity index (χ1) is 7.97. The molecule has 0 heterocycles. The van der Waals surface area contributed by atoms with Gasteiger partial charge in [0.1, 0.15) is 0 Å². The first-order valence-electron chi connectivity index (χ1n) is 5.76. The van der Waals surface area contributed by atoms with Gasteiger partial charge in [0, 0.05) is 33.9 Å². The molecule has 0 saturated carbocycles. The van der Waals surface area contributed by atoms with Crippen LogP contribution in [0.1, 0.15) is 13.8 Å². The number of ether oxygens (including phenoxy) is 3. The van der Waals surface area contributed by atoms with E-state index in [2.05, 4.69) is 4.90 Å². The fraction of sp³-hybridized carbons (Fsp3) is 0.917. The molecule has 0 aromatic rings. The van der Waals surface area contributed by atoms with Gasteiger partial charge in [0.25, 0.3) is 0 Å². The largest absolute Gasteiger partial charge is 0.469 e. The molecule has 0 aliphatic rings. The Hall–Kier alpha value is -0.650. The minimum absolute atomic E-state index is 0.197. The summed E-state index contributed by atoms with van der Waals surface area (Å²) >= 11 is 0. The number of hydrogen-bond donors (Lipinski definition) is 0. The van der Waals surface area contributed by atoms with Gasteiger partial charge in [-0.25, -0.2) is 0 Å². The highest BCUT2D eigenvalue weighted by Crippen LogP contribution is 2.18. The van der Waals surface area contributed by atoms with Crippen molar-refractivity contribution in [2.75, 3.05) is 54.2 Å². The molecule has 0 spiro atoms. The molecule has 0 aromatic heterocycles. The Morgan fingerprint density at radius 3 is 1.88 bits per heavy atom. The van der Waals surface area contributed by atoms with E-state index in [4.69, 9.17) is 14.2 Å². The highest BCUT2D eigenvalue weighted by molar-refractivity contribution is 5.76. The van der Waals surface area contributed by atoms with Crippen LogP contribution in [0.2, 0.25) is 0 Å². The molecule has 0 aliphatic carbocycles. The molecule has 0 aliphatic heterocycles. The molecular weight excluding hydrogens is 222 g/mol. The lowest BCUT2D eigenvalue weighted by molar-refractivity contribution is -0.152. The Labute approximate surface area is 104 Å². The number of carbonyl (C=O) groups is 1. The number of hydrogen-bond acceptors (Lipinski definition) is 5. The van der Waals surface area contributed by atoms with Crippen LogP contribution in [0, 0.1) is 5.41 Å². The second-order valence-corrected chi connectivity index (χ2v) is 4.64. The van der Waals surface area contributed by atoms with Crippen LogP contribution in [0.15, 0.2) is 0 Å². The summed E-state index contributed by atoms with van der Waals surface area (Å²) in [4.78, 5) is 13.7. The lowest BCUT2D eigenvalue weighted by Crippen LogP contribution is -2.42. The summed E-state index contributed by atoms with van der Waals surface area (Å²) in [6, 6.07) is 0. The van der Waals surface area contributed by atoms with Crippen LogP contribution in [0.5, 0.6) is 0 Å². The minimum Gasteiger partial charge on any atom is -0.469 e. The van der Waals surface area contributed by atoms with Crippen LogP contribution in [-0.2, 0) is 19.0 Å². The first-order valence-corrected chi connectivity index (χ1v) is 5.76. The van der Waals surface area contributed by atoms with E-state index in [0.29, 0.717) is 19.8 Å². The second kappa shape index (κ2) is 8.44. The molecule has 0 saturated heterocycles. The number of esters is 1. The molecule has 5 nitrogen and oxygen atoms in total. The number of nitrogens with zero attached hydrogens (tertiary/aromatic N) is 1. The Morgan fingerprint density at radius 2 is 1.53 bits per heavy atom. The molecule has 0 rings (SSSR count). The van der Waals surface area contributed by atoms with E-state index < -0.39 is 5.41 Å². The van der Waals surface area contributed by atoms with Gasteiger partial charge < -0.3 is 14.2 Å². The van der Waals surface area contributed by atoms with E-state index in [-0.39, 0.29) is 5.97 Å². The van der Waals surface area contributed by atoms with E-state index >= 15 is 0 Å². The molecule has 0 fully saturated rings. The molecule has 0 radical (unpaired) electrons. The topological polar surface area (TPSA) is 48.0 Å². The van der Waals surface area contributed by atoms with Crippen molar-refractivity contribution in [3.8, 4) is 0 Å². The normalized spacial score (nSPS) is 11.9. The van der Waals surface area contributed by atoms with Gasteiger partial charge >= 0.3 is 5.97 Å². The highest BCUT2D eigenvalue weighted by Gasteiger charge is 2.30. The zero-order valence-corrected chi connectivity index (χ0v) is 11.6. The standard InChI is InChI=1S/C12H25NO4/c1-12(2,11(14)17-5)10-13(6-8-15-3)7-9-16-4/h6-10H2,1-5H3. The van der Waals surface area contributed by atoms with E-state index in [0.717, 1.165) is 13.1 Å². The van der Waals surface area contributed by atoms with Crippen molar-refractivity contribution >= 4 is 5.97 Å². The summed E-state index contributed by atoms with van der Waals surface area (Å²) < 4.78 is 14.9. The van der Waals surface area contributed by atoms with Gasteiger partial charge in [0.05, 0.1) is 25.7 Å². The summed E-state index contributed by atoms with van der Waals surface area (Å²) in [6.07, 6.45) is 0. The Bertz CT molecular complexity index is 211. The summed E-state index contributed by atoms with van der Waals surface area (Å²) in [5.74, 6) is -0.197. The average Bonchev–Trinajstić information content (AvgIpc) is 2.31. The highest BCUT2D eigenvalue weighted by atomic mass is 16.5. The predicted octanol–water partition coefficient (Wildman–Crippen LogP) is 0.780. The van der Waals surface area contributed by atoms with E-state index in [9.17, 15) is 4.79 Å². The van der Waals surface area contributed by atoms with Gasteiger partial charge in [-0.3, -0.25) is 9.69 Å². The van der Waals surface area contributed by atoms with Crippen molar-refractivity contribution in [1.29, 1.82) is 0 Å². The maximum atomic E-state index is 11.6. The molecule has 0 unspecified atom stereocenters. The Balaban J connectivity index is 4.33. The molecule has 0 amide bonds. The van der Waals surface area contributed by atoms with Crippen molar-refractivity contribution < 1.29 is 19.0 Å². The molecule has 5 heteroatoms. The third kappa shape index (κ3) is 6.61. The van der Waals surface area contributed by atoms with Crippen molar-refractivity contribution in [2.45, 2.75) is 13.8 Å². The van der Waals surface area contributed by atoms with Crippen LogP contribution < -0.4 is 0 Å². The zero-order chi connectivity index (χ0) is 13.3. The summed E-state index contributed by atoms with van der Waals surface area (Å²) in [7, 11) is 4.75. The van der Waals surface area contributed by atoms with Gasteiger partial charge in [-0.2, -0.15) is 0 Å². The van der Waals surface area contributed by atoms with Gasteiger partial charge in [0.2, 0.25) is 0 Å². The maximum absolute atomic E-state index is 11.6. The molecule has 17 heavy (non-hydrogen) atoms. The number of methoxy groups -OCH3 is 3. The summed E-state index contributed by atoms with van der Waals surface area (Å²) in [6.45, 7) is 7.23. The van der Waals surface area contributed by atoms with E-state index in [1.165, 1.54) is 7.11 Å². The fourth-order valence-corrected chi connectivity index (χ4v) is 1.61. The molecule has 0 bridgehead atoms. The van der Waals surface area contributed by atoms with Gasteiger partial charge in [0.15, 0.2) is 0 Å². The molecular formula is C12H25NO4. The molecule has 0 aromatic carbocycles. The maximum Gasteiger partial charge on any atom is 0.312 e. The van der Waals surface area contributed by atoms with Crippen molar-refractivity contribution in [3.05, 3.63) is 0 Å². The summed E-state index contributed by atoms with van der Waals surface area (Å²) in [5, 5.41) is 0. The quantitative estimate of drug-likeness (QED) is 0.564. The van der Waals surface area contributed by atoms with Gasteiger partial charge in [-0.15, -0.1) is 0 Å². The average molecular weight is 247 g/mol. The summed E-state index contributed by atoms with van der Waals surface area (Å²) in [5.41, 5.74) is -0.518. The lowest BCUT2D eigenvalue weighted by atomic mass is 9.93. The van der Waals surface area contributed by atoms with E-state index in [1.54, 1.807) is 14.2 Å². The van der Waals surface area contributed by atoms with Crippen LogP contribution in [0.4, 0.5) is 0 Å². The van der Waals surface area contributed by atoms with Crippen LogP contribution in [0.25, 0.3) is 0 Å². The molecule has 0 N–H and O–H groups in total. The number of carbonyl (C=O) groups excluding carboxylic acids is 1. The van der Waals surface area contributed by atoms with Crippen LogP contribution in [0.3, 0.4) is 0 Å². The smallest absolute Gasteiger partial charge is 0.312 e. The van der Waals surface area contributed by atoms with Gasteiger partial charge in [-0.05, 0) is 13.8 Å². The van der Waals surface area contributed by atoms with E-state index in [1.807, 2.05) is 13.8 Å².